The third-order valence-corrected chi connectivity index (χ3v) is 2.74. The Morgan fingerprint density at radius 2 is 2.00 bits per heavy atom. The molecule has 0 spiro atoms. The Balaban J connectivity index is 2.36. The predicted octanol–water partition coefficient (Wildman–Crippen LogP) is 2.57. The first kappa shape index (κ1) is 9.38. The molecule has 1 aromatic carbocycles. The smallest absolute Gasteiger partial charge is 0.0599 e. The number of nitrogens with one attached hydrogen (secondary N) is 1. The van der Waals surface area contributed by atoms with Crippen LogP contribution >= 0.6 is 0 Å². The van der Waals surface area contributed by atoms with Crippen molar-refractivity contribution in [2.75, 3.05) is 30.4 Å². The van der Waals surface area contributed by atoms with Gasteiger partial charge in [0.1, 0.15) is 0 Å². The van der Waals surface area contributed by atoms with Gasteiger partial charge in [0.05, 0.1) is 11.4 Å². The van der Waals surface area contributed by atoms with Crippen LogP contribution < -0.4 is 10.2 Å². The van der Waals surface area contributed by atoms with Gasteiger partial charge in [-0.3, -0.25) is 0 Å². The molecule has 0 radical (unpaired) electrons. The summed E-state index contributed by atoms with van der Waals surface area (Å²) >= 11 is 0. The topological polar surface area (TPSA) is 15.3 Å². The lowest BCUT2D eigenvalue weighted by Crippen LogP contribution is -2.33. The maximum Gasteiger partial charge on any atom is 0.0599 e. The van der Waals surface area contributed by atoms with Gasteiger partial charge in [-0.25, -0.2) is 0 Å². The van der Waals surface area contributed by atoms with E-state index in [-0.39, 0.29) is 0 Å². The van der Waals surface area contributed by atoms with Crippen molar-refractivity contribution in [3.05, 3.63) is 24.3 Å². The first-order valence-corrected chi connectivity index (χ1v) is 5.13. The van der Waals surface area contributed by atoms with Gasteiger partial charge in [0.25, 0.3) is 0 Å². The zero-order valence-corrected chi connectivity index (χ0v) is 9.17. The lowest BCUT2D eigenvalue weighted by molar-refractivity contribution is 0.403. The van der Waals surface area contributed by atoms with E-state index in [4.69, 9.17) is 0 Å². The van der Waals surface area contributed by atoms with Gasteiger partial charge >= 0.3 is 0 Å². The van der Waals surface area contributed by atoms with E-state index in [1.165, 1.54) is 11.4 Å². The Labute approximate surface area is 85.9 Å². The standard InChI is InChI=1S/C12H18N2/c1-12(2)8-13-10-6-4-5-7-11(10)14(3)9-12/h4-7,13H,8-9H2,1-3H3. The zero-order valence-electron chi connectivity index (χ0n) is 9.17. The molecule has 2 rings (SSSR count). The molecule has 76 valence electrons. The molecule has 0 saturated carbocycles. The molecule has 14 heavy (non-hydrogen) atoms. The number of hydrogen-bond donors (Lipinski definition) is 1. The highest BCUT2D eigenvalue weighted by atomic mass is 15.1. The summed E-state index contributed by atoms with van der Waals surface area (Å²) in [6.45, 7) is 6.72. The van der Waals surface area contributed by atoms with Crippen molar-refractivity contribution in [3.63, 3.8) is 0 Å². The number of benzene rings is 1. The normalized spacial score (nSPS) is 19.5. The van der Waals surface area contributed by atoms with Gasteiger partial charge in [0.2, 0.25) is 0 Å². The average molecular weight is 190 g/mol. The summed E-state index contributed by atoms with van der Waals surface area (Å²) in [5.41, 5.74) is 2.88. The molecular formula is C12H18N2. The van der Waals surface area contributed by atoms with Crippen LogP contribution in [0.15, 0.2) is 24.3 Å². The number of anilines is 2. The molecule has 0 amide bonds. The van der Waals surface area contributed by atoms with Crippen molar-refractivity contribution < 1.29 is 0 Å². The quantitative estimate of drug-likeness (QED) is 0.676. The van der Waals surface area contributed by atoms with E-state index < -0.39 is 0 Å². The molecule has 2 heteroatoms. The first-order chi connectivity index (χ1) is 6.58. The third-order valence-electron chi connectivity index (χ3n) is 2.74. The van der Waals surface area contributed by atoms with Gasteiger partial charge in [-0.05, 0) is 17.5 Å². The monoisotopic (exact) mass is 190 g/mol. The molecular weight excluding hydrogens is 172 g/mol. The van der Waals surface area contributed by atoms with Crippen molar-refractivity contribution in [2.24, 2.45) is 5.41 Å². The number of fused-ring (bicyclic) bond motifs is 1. The number of hydrogen-bond acceptors (Lipinski definition) is 2. The van der Waals surface area contributed by atoms with E-state index in [0.717, 1.165) is 13.1 Å². The van der Waals surface area contributed by atoms with E-state index in [0.29, 0.717) is 5.41 Å². The summed E-state index contributed by atoms with van der Waals surface area (Å²) in [4.78, 5) is 2.33. The van der Waals surface area contributed by atoms with Gasteiger partial charge in [-0.1, -0.05) is 26.0 Å². The summed E-state index contributed by atoms with van der Waals surface area (Å²) in [6, 6.07) is 8.49. The summed E-state index contributed by atoms with van der Waals surface area (Å²) in [5, 5.41) is 3.50. The second-order valence-corrected chi connectivity index (χ2v) is 4.89. The predicted molar refractivity (Wildman–Crippen MR) is 62.0 cm³/mol. The molecule has 1 aliphatic rings. The molecule has 0 aromatic heterocycles. The third kappa shape index (κ3) is 1.69. The molecule has 0 fully saturated rings. The number of nitrogens with zero attached hydrogens (tertiary/aromatic N) is 1. The molecule has 1 aromatic rings. The zero-order chi connectivity index (χ0) is 10.2. The maximum absolute atomic E-state index is 3.50. The average Bonchev–Trinajstić information content (AvgIpc) is 2.24. The molecule has 0 saturated heterocycles. The minimum absolute atomic E-state index is 0.327. The van der Waals surface area contributed by atoms with E-state index in [1.807, 2.05) is 0 Å². The number of para-hydroxylation sites is 2. The molecule has 0 bridgehead atoms. The highest BCUT2D eigenvalue weighted by molar-refractivity contribution is 5.70. The molecule has 1 N–H and O–H groups in total. The maximum atomic E-state index is 3.50. The summed E-state index contributed by atoms with van der Waals surface area (Å²) in [7, 11) is 2.16. The van der Waals surface area contributed by atoms with E-state index in [2.05, 4.69) is 55.4 Å². The Morgan fingerprint density at radius 3 is 2.79 bits per heavy atom. The largest absolute Gasteiger partial charge is 0.383 e. The Kier molecular flexibility index (Phi) is 2.14. The fraction of sp³-hybridized carbons (Fsp3) is 0.500. The van der Waals surface area contributed by atoms with Gasteiger partial charge in [-0.2, -0.15) is 0 Å². The fourth-order valence-electron chi connectivity index (χ4n) is 2.07. The van der Waals surface area contributed by atoms with Crippen molar-refractivity contribution in [2.45, 2.75) is 13.8 Å². The van der Waals surface area contributed by atoms with Crippen LogP contribution in [0.4, 0.5) is 11.4 Å². The Hall–Kier alpha value is -1.18. The SMILES string of the molecule is CN1CC(C)(C)CNc2ccccc21. The summed E-state index contributed by atoms with van der Waals surface area (Å²) < 4.78 is 0. The minimum Gasteiger partial charge on any atom is -0.383 e. The number of rotatable bonds is 0. The molecule has 0 atom stereocenters. The first-order valence-electron chi connectivity index (χ1n) is 5.13. The van der Waals surface area contributed by atoms with Crippen molar-refractivity contribution in [1.82, 2.24) is 0 Å². The lowest BCUT2D eigenvalue weighted by Gasteiger charge is -2.27. The van der Waals surface area contributed by atoms with Gasteiger partial charge < -0.3 is 10.2 Å². The fourth-order valence-corrected chi connectivity index (χ4v) is 2.07. The summed E-state index contributed by atoms with van der Waals surface area (Å²) in [6.07, 6.45) is 0. The molecule has 0 unspecified atom stereocenters. The molecule has 2 nitrogen and oxygen atoms in total. The molecule has 1 heterocycles. The molecule has 1 aliphatic heterocycles. The van der Waals surface area contributed by atoms with Crippen LogP contribution in [0.1, 0.15) is 13.8 Å². The van der Waals surface area contributed by atoms with E-state index in [9.17, 15) is 0 Å². The van der Waals surface area contributed by atoms with Crippen LogP contribution in [-0.4, -0.2) is 20.1 Å². The van der Waals surface area contributed by atoms with Gasteiger partial charge in [0.15, 0.2) is 0 Å². The molecule has 0 aliphatic carbocycles. The van der Waals surface area contributed by atoms with E-state index >= 15 is 0 Å². The van der Waals surface area contributed by atoms with Crippen LogP contribution in [-0.2, 0) is 0 Å². The lowest BCUT2D eigenvalue weighted by atomic mass is 9.93. The van der Waals surface area contributed by atoms with Crippen molar-refractivity contribution >= 4 is 11.4 Å². The van der Waals surface area contributed by atoms with Crippen molar-refractivity contribution in [1.29, 1.82) is 0 Å². The van der Waals surface area contributed by atoms with Crippen molar-refractivity contribution in [3.8, 4) is 0 Å². The summed E-state index contributed by atoms with van der Waals surface area (Å²) in [5.74, 6) is 0. The van der Waals surface area contributed by atoms with Crippen LogP contribution in [0, 0.1) is 5.41 Å². The van der Waals surface area contributed by atoms with Crippen LogP contribution in [0.25, 0.3) is 0 Å². The highest BCUT2D eigenvalue weighted by Crippen LogP contribution is 2.31. The Morgan fingerprint density at radius 1 is 1.29 bits per heavy atom. The van der Waals surface area contributed by atoms with Crippen LogP contribution in [0.2, 0.25) is 0 Å². The van der Waals surface area contributed by atoms with Crippen LogP contribution in [0.5, 0.6) is 0 Å². The van der Waals surface area contributed by atoms with E-state index in [1.54, 1.807) is 0 Å². The minimum atomic E-state index is 0.327. The van der Waals surface area contributed by atoms with Gasteiger partial charge in [0, 0.05) is 20.1 Å². The second kappa shape index (κ2) is 3.19. The highest BCUT2D eigenvalue weighted by Gasteiger charge is 2.24. The Bertz CT molecular complexity index is 331. The second-order valence-electron chi connectivity index (χ2n) is 4.89. The van der Waals surface area contributed by atoms with Crippen LogP contribution in [0.3, 0.4) is 0 Å². The van der Waals surface area contributed by atoms with Gasteiger partial charge in [-0.15, -0.1) is 0 Å².